The highest BCUT2D eigenvalue weighted by molar-refractivity contribution is 7.71. The maximum absolute atomic E-state index is 15.6. The molecule has 2 aromatic heterocycles. The van der Waals surface area contributed by atoms with Crippen molar-refractivity contribution in [2.45, 2.75) is 84.6 Å². The second kappa shape index (κ2) is 20.4. The predicted molar refractivity (Wildman–Crippen MR) is 259 cm³/mol. The van der Waals surface area contributed by atoms with Crippen LogP contribution < -0.4 is 30.9 Å². The third-order valence-corrected chi connectivity index (χ3v) is 15.0. The van der Waals surface area contributed by atoms with Gasteiger partial charge in [-0.2, -0.15) is 4.98 Å². The Morgan fingerprint density at radius 1 is 0.862 bits per heavy atom. The zero-order chi connectivity index (χ0) is 45.8. The fourth-order valence-corrected chi connectivity index (χ4v) is 11.4. The lowest BCUT2D eigenvalue weighted by atomic mass is 9.90. The van der Waals surface area contributed by atoms with Gasteiger partial charge >= 0.3 is 0 Å². The van der Waals surface area contributed by atoms with Gasteiger partial charge in [0.15, 0.2) is 5.82 Å². The number of hydrogen-bond donors (Lipinski definition) is 3. The standard InChI is InChI=1S/C50H65F3N9O2P/c1-7-34-27-42(58-50-55-30-32(4)49(59-50)57-43-28-41(53)47-38(48(43)65(5,6)63)13-12-36(8-2)56-47)45(64-9-3)29-44(34)62-19-15-37(16-20-62)61-23-21-60(22-24-61)18-14-33-25-39(51)46(40(52)26-33)35-11-10-17-54-31-35/h12-13,25-30,35,37,54H,7-11,14-24,31H2,1-6H3,(H2,55,57,58,59). The molecule has 0 saturated carbocycles. The Kier molecular flexibility index (Phi) is 14.7. The van der Waals surface area contributed by atoms with Crippen molar-refractivity contribution in [1.29, 1.82) is 0 Å². The van der Waals surface area contributed by atoms with Crippen molar-refractivity contribution in [2.24, 2.45) is 0 Å². The van der Waals surface area contributed by atoms with Gasteiger partial charge in [-0.3, -0.25) is 4.90 Å². The molecule has 3 aliphatic heterocycles. The third kappa shape index (κ3) is 10.6. The van der Waals surface area contributed by atoms with Gasteiger partial charge in [0, 0.05) is 116 Å². The molecule has 0 amide bonds. The first-order valence-corrected chi connectivity index (χ1v) is 26.2. The molecular weight excluding hydrogens is 847 g/mol. The molecule has 3 fully saturated rings. The number of benzene rings is 3. The highest BCUT2D eigenvalue weighted by atomic mass is 31.2. The molecular formula is C50H65F3N9O2P. The molecule has 11 nitrogen and oxygen atoms in total. The number of halogens is 3. The van der Waals surface area contributed by atoms with Crippen molar-refractivity contribution >= 4 is 52.2 Å². The minimum atomic E-state index is -2.91. The van der Waals surface area contributed by atoms with E-state index < -0.39 is 24.6 Å². The summed E-state index contributed by atoms with van der Waals surface area (Å²) in [6, 6.07) is 12.9. The summed E-state index contributed by atoms with van der Waals surface area (Å²) in [4.78, 5) is 21.5. The van der Waals surface area contributed by atoms with E-state index in [0.29, 0.717) is 65.9 Å². The third-order valence-electron chi connectivity index (χ3n) is 13.5. The van der Waals surface area contributed by atoms with Gasteiger partial charge in [-0.1, -0.05) is 19.9 Å². The number of ether oxygens (including phenoxy) is 1. The van der Waals surface area contributed by atoms with Gasteiger partial charge in [0.05, 0.1) is 18.0 Å². The van der Waals surface area contributed by atoms with E-state index in [4.69, 9.17) is 9.72 Å². The van der Waals surface area contributed by atoms with Gasteiger partial charge in [0.2, 0.25) is 5.95 Å². The maximum Gasteiger partial charge on any atom is 0.229 e. The SMILES string of the molecule is CCOc1cc(N2CCC(N3CCN(CCc4cc(F)c(C5CCCNC5)c(F)c4)CC3)CC2)c(CC)cc1Nc1ncc(C)c(Nc2cc(F)c3nc(CC)ccc3c2P(C)(C)=O)n1. The van der Waals surface area contributed by atoms with Crippen LogP contribution in [0.25, 0.3) is 10.9 Å². The zero-order valence-corrected chi connectivity index (χ0v) is 39.8. The monoisotopic (exact) mass is 911 g/mol. The highest BCUT2D eigenvalue weighted by Crippen LogP contribution is 2.43. The molecule has 3 saturated heterocycles. The molecule has 348 valence electrons. The fourth-order valence-electron chi connectivity index (χ4n) is 9.98. The van der Waals surface area contributed by atoms with Gasteiger partial charge in [0.1, 0.15) is 35.9 Å². The first-order valence-electron chi connectivity index (χ1n) is 23.6. The number of pyridine rings is 1. The van der Waals surface area contributed by atoms with E-state index >= 15 is 13.2 Å². The van der Waals surface area contributed by atoms with Crippen LogP contribution in [0.3, 0.4) is 0 Å². The molecule has 15 heteroatoms. The van der Waals surface area contributed by atoms with Crippen molar-refractivity contribution in [3.8, 4) is 5.75 Å². The smallest absolute Gasteiger partial charge is 0.229 e. The van der Waals surface area contributed by atoms with Crippen LogP contribution in [0.1, 0.15) is 80.3 Å². The van der Waals surface area contributed by atoms with Crippen LogP contribution in [0.15, 0.2) is 48.7 Å². The summed E-state index contributed by atoms with van der Waals surface area (Å²) < 4.78 is 65.8. The fraction of sp³-hybridized carbons (Fsp3) is 0.500. The number of fused-ring (bicyclic) bond motifs is 1. The van der Waals surface area contributed by atoms with Crippen LogP contribution in [0.5, 0.6) is 5.75 Å². The lowest BCUT2D eigenvalue weighted by molar-refractivity contribution is 0.0855. The largest absolute Gasteiger partial charge is 0.492 e. The molecule has 0 spiro atoms. The van der Waals surface area contributed by atoms with E-state index in [-0.39, 0.29) is 17.0 Å². The van der Waals surface area contributed by atoms with Gasteiger partial charge in [-0.25, -0.2) is 23.1 Å². The van der Waals surface area contributed by atoms with Crippen LogP contribution in [0, 0.1) is 24.4 Å². The first kappa shape index (κ1) is 46.8. The van der Waals surface area contributed by atoms with Crippen molar-refractivity contribution in [1.82, 2.24) is 30.1 Å². The summed E-state index contributed by atoms with van der Waals surface area (Å²) >= 11 is 0. The number of piperazine rings is 1. The second-order valence-corrected chi connectivity index (χ2v) is 21.4. The summed E-state index contributed by atoms with van der Waals surface area (Å²) in [5.74, 6) is 0.117. The first-order chi connectivity index (χ1) is 31.3. The molecule has 3 aromatic carbocycles. The molecule has 5 aromatic rings. The minimum absolute atomic E-state index is 0.0941. The summed E-state index contributed by atoms with van der Waals surface area (Å²) in [5, 5.41) is 11.0. The van der Waals surface area contributed by atoms with Crippen LogP contribution in [-0.2, 0) is 23.8 Å². The van der Waals surface area contributed by atoms with E-state index in [2.05, 4.69) is 59.7 Å². The van der Waals surface area contributed by atoms with Crippen molar-refractivity contribution < 1.29 is 22.5 Å². The van der Waals surface area contributed by atoms with Crippen molar-refractivity contribution in [3.63, 3.8) is 0 Å². The molecule has 3 aliphatic rings. The van der Waals surface area contributed by atoms with Crippen molar-refractivity contribution in [3.05, 3.63) is 94.1 Å². The van der Waals surface area contributed by atoms with E-state index in [9.17, 15) is 4.57 Å². The summed E-state index contributed by atoms with van der Waals surface area (Å²) in [6.07, 6.45) is 7.72. The van der Waals surface area contributed by atoms with E-state index in [1.165, 1.54) is 17.3 Å². The Morgan fingerprint density at radius 2 is 1.62 bits per heavy atom. The lowest BCUT2D eigenvalue weighted by Crippen LogP contribution is -2.53. The van der Waals surface area contributed by atoms with Gasteiger partial charge in [0.25, 0.3) is 0 Å². The predicted octanol–water partition coefficient (Wildman–Crippen LogP) is 9.31. The Morgan fingerprint density at radius 3 is 2.28 bits per heavy atom. The number of rotatable bonds is 15. The number of nitrogens with one attached hydrogen (secondary N) is 3. The Balaban J connectivity index is 0.901. The summed E-state index contributed by atoms with van der Waals surface area (Å²) in [7, 11) is -2.91. The number of hydrogen-bond acceptors (Lipinski definition) is 11. The Bertz CT molecular complexity index is 2510. The number of aromatic nitrogens is 3. The quantitative estimate of drug-likeness (QED) is 0.0875. The van der Waals surface area contributed by atoms with Crippen molar-refractivity contribution in [2.75, 3.05) is 94.4 Å². The molecule has 65 heavy (non-hydrogen) atoms. The number of nitrogens with zero attached hydrogens (tertiary/aromatic N) is 6. The van der Waals surface area contributed by atoms with Gasteiger partial charge in [-0.15, -0.1) is 0 Å². The Labute approximate surface area is 382 Å². The molecule has 8 rings (SSSR count). The lowest BCUT2D eigenvalue weighted by Gasteiger charge is -2.43. The van der Waals surface area contributed by atoms with Crippen LogP contribution >= 0.6 is 7.14 Å². The molecule has 0 bridgehead atoms. The number of aryl methyl sites for hydroxylation is 3. The molecule has 0 radical (unpaired) electrons. The number of piperidine rings is 2. The summed E-state index contributed by atoms with van der Waals surface area (Å²) in [5.41, 5.74) is 6.19. The topological polar surface area (TPSA) is 111 Å². The molecule has 5 heterocycles. The Hall–Kier alpha value is -4.75. The minimum Gasteiger partial charge on any atom is -0.492 e. The maximum atomic E-state index is 15.6. The van der Waals surface area contributed by atoms with Crippen LogP contribution in [-0.4, -0.2) is 110 Å². The highest BCUT2D eigenvalue weighted by Gasteiger charge is 2.30. The average Bonchev–Trinajstić information content (AvgIpc) is 3.30. The average molecular weight is 912 g/mol. The molecule has 0 aliphatic carbocycles. The molecule has 3 N–H and O–H groups in total. The summed E-state index contributed by atoms with van der Waals surface area (Å²) in [6.45, 7) is 19.9. The molecule has 1 atom stereocenters. The van der Waals surface area contributed by atoms with E-state index in [1.807, 2.05) is 32.9 Å². The van der Waals surface area contributed by atoms with Crippen LogP contribution in [0.2, 0.25) is 0 Å². The van der Waals surface area contributed by atoms with E-state index in [0.717, 1.165) is 107 Å². The zero-order valence-electron chi connectivity index (χ0n) is 38.9. The van der Waals surface area contributed by atoms with Crippen LogP contribution in [0.4, 0.5) is 42.0 Å². The number of anilines is 5. The van der Waals surface area contributed by atoms with Gasteiger partial charge in [-0.05, 0) is 114 Å². The second-order valence-electron chi connectivity index (χ2n) is 18.3. The van der Waals surface area contributed by atoms with E-state index in [1.54, 1.807) is 31.7 Å². The van der Waals surface area contributed by atoms with Gasteiger partial charge < -0.3 is 35.1 Å². The normalized spacial score (nSPS) is 18.0. The molecule has 1 unspecified atom stereocenters.